The van der Waals surface area contributed by atoms with Gasteiger partial charge in [-0.1, -0.05) is 11.6 Å². The van der Waals surface area contributed by atoms with Crippen LogP contribution in [0, 0.1) is 0 Å². The largest absolute Gasteiger partial charge is 0.306 e. The van der Waals surface area contributed by atoms with E-state index in [1.54, 1.807) is 22.6 Å². The number of thioether (sulfide) groups is 1. The molecule has 0 aliphatic carbocycles. The van der Waals surface area contributed by atoms with Crippen molar-refractivity contribution in [2.45, 2.75) is 25.9 Å². The fourth-order valence-electron chi connectivity index (χ4n) is 1.86. The van der Waals surface area contributed by atoms with Gasteiger partial charge in [-0.05, 0) is 13.8 Å². The SMILES string of the molecule is CC(C)n1ncc(Cl)c1C(=O)C1CSCCN1. The maximum atomic E-state index is 12.4. The Morgan fingerprint density at radius 2 is 2.47 bits per heavy atom. The molecule has 0 amide bonds. The van der Waals surface area contributed by atoms with Crippen LogP contribution in [-0.2, 0) is 0 Å². The van der Waals surface area contributed by atoms with Crippen LogP contribution in [0.15, 0.2) is 6.20 Å². The van der Waals surface area contributed by atoms with Gasteiger partial charge in [0.1, 0.15) is 5.69 Å². The highest BCUT2D eigenvalue weighted by atomic mass is 35.5. The second-order valence-corrected chi connectivity index (χ2v) is 5.88. The molecule has 1 unspecified atom stereocenters. The number of carbonyl (C=O) groups excluding carboxylic acids is 1. The molecule has 1 aliphatic rings. The van der Waals surface area contributed by atoms with Gasteiger partial charge in [-0.2, -0.15) is 16.9 Å². The zero-order valence-electron chi connectivity index (χ0n) is 9.94. The van der Waals surface area contributed by atoms with Crippen LogP contribution in [0.5, 0.6) is 0 Å². The van der Waals surface area contributed by atoms with Gasteiger partial charge in [0.25, 0.3) is 0 Å². The Kier molecular flexibility index (Phi) is 4.12. The lowest BCUT2D eigenvalue weighted by Gasteiger charge is -2.22. The first kappa shape index (κ1) is 12.9. The normalized spacial score (nSPS) is 20.8. The molecular formula is C11H16ClN3OS. The summed E-state index contributed by atoms with van der Waals surface area (Å²) in [5.41, 5.74) is 0.529. The van der Waals surface area contributed by atoms with E-state index < -0.39 is 0 Å². The summed E-state index contributed by atoms with van der Waals surface area (Å²) in [5, 5.41) is 7.84. The van der Waals surface area contributed by atoms with Crippen molar-refractivity contribution in [2.75, 3.05) is 18.1 Å². The molecule has 1 saturated heterocycles. The molecule has 94 valence electrons. The maximum Gasteiger partial charge on any atom is 0.200 e. The molecule has 1 fully saturated rings. The first-order valence-electron chi connectivity index (χ1n) is 5.69. The first-order valence-corrected chi connectivity index (χ1v) is 7.23. The fourth-order valence-corrected chi connectivity index (χ4v) is 3.02. The Balaban J connectivity index is 2.26. The zero-order valence-corrected chi connectivity index (χ0v) is 11.5. The molecule has 1 aromatic heterocycles. The molecule has 1 atom stereocenters. The molecule has 1 aromatic rings. The van der Waals surface area contributed by atoms with E-state index in [9.17, 15) is 4.79 Å². The van der Waals surface area contributed by atoms with E-state index in [-0.39, 0.29) is 17.9 Å². The van der Waals surface area contributed by atoms with Gasteiger partial charge in [-0.15, -0.1) is 0 Å². The van der Waals surface area contributed by atoms with Crippen LogP contribution < -0.4 is 5.32 Å². The van der Waals surface area contributed by atoms with Gasteiger partial charge in [0.15, 0.2) is 5.78 Å². The fraction of sp³-hybridized carbons (Fsp3) is 0.636. The minimum absolute atomic E-state index is 0.0494. The second-order valence-electron chi connectivity index (χ2n) is 4.33. The van der Waals surface area contributed by atoms with Crippen LogP contribution in [0.25, 0.3) is 0 Å². The monoisotopic (exact) mass is 273 g/mol. The van der Waals surface area contributed by atoms with Crippen molar-refractivity contribution in [1.29, 1.82) is 0 Å². The van der Waals surface area contributed by atoms with Gasteiger partial charge >= 0.3 is 0 Å². The summed E-state index contributed by atoms with van der Waals surface area (Å²) in [4.78, 5) is 12.4. The van der Waals surface area contributed by atoms with Crippen molar-refractivity contribution in [3.8, 4) is 0 Å². The quantitative estimate of drug-likeness (QED) is 0.856. The lowest BCUT2D eigenvalue weighted by molar-refractivity contribution is 0.0940. The van der Waals surface area contributed by atoms with Gasteiger partial charge in [-0.25, -0.2) is 0 Å². The van der Waals surface area contributed by atoms with Crippen LogP contribution in [0.2, 0.25) is 5.02 Å². The van der Waals surface area contributed by atoms with Crippen molar-refractivity contribution in [2.24, 2.45) is 0 Å². The second kappa shape index (κ2) is 5.42. The summed E-state index contributed by atoms with van der Waals surface area (Å²) in [6.45, 7) is 4.85. The van der Waals surface area contributed by atoms with Crippen LogP contribution in [0.1, 0.15) is 30.4 Å². The van der Waals surface area contributed by atoms with E-state index >= 15 is 0 Å². The first-order chi connectivity index (χ1) is 8.11. The number of halogens is 1. The van der Waals surface area contributed by atoms with Gasteiger partial charge in [-0.3, -0.25) is 9.48 Å². The summed E-state index contributed by atoms with van der Waals surface area (Å²) < 4.78 is 1.70. The highest BCUT2D eigenvalue weighted by molar-refractivity contribution is 7.99. The number of hydrogen-bond donors (Lipinski definition) is 1. The van der Waals surface area contributed by atoms with Gasteiger partial charge < -0.3 is 5.32 Å². The summed E-state index contributed by atoms with van der Waals surface area (Å²) in [7, 11) is 0. The number of ketones is 1. The van der Waals surface area contributed by atoms with E-state index in [1.807, 2.05) is 13.8 Å². The van der Waals surface area contributed by atoms with Crippen molar-refractivity contribution in [3.63, 3.8) is 0 Å². The number of nitrogens with one attached hydrogen (secondary N) is 1. The molecule has 0 spiro atoms. The third-order valence-electron chi connectivity index (χ3n) is 2.71. The molecule has 2 rings (SSSR count). The van der Waals surface area contributed by atoms with Crippen molar-refractivity contribution >= 4 is 29.1 Å². The lowest BCUT2D eigenvalue weighted by atomic mass is 10.1. The Hall–Kier alpha value is -0.520. The highest BCUT2D eigenvalue weighted by Crippen LogP contribution is 2.22. The predicted molar refractivity (Wildman–Crippen MR) is 71.1 cm³/mol. The zero-order chi connectivity index (χ0) is 12.4. The molecule has 0 saturated carbocycles. The Morgan fingerprint density at radius 3 is 3.06 bits per heavy atom. The molecule has 17 heavy (non-hydrogen) atoms. The number of Topliss-reactive ketones (excluding diaryl/α,β-unsaturated/α-hetero) is 1. The van der Waals surface area contributed by atoms with E-state index in [2.05, 4.69) is 10.4 Å². The third kappa shape index (κ3) is 2.67. The molecule has 1 N–H and O–H groups in total. The molecule has 0 aromatic carbocycles. The highest BCUT2D eigenvalue weighted by Gasteiger charge is 2.27. The van der Waals surface area contributed by atoms with Gasteiger partial charge in [0, 0.05) is 24.1 Å². The van der Waals surface area contributed by atoms with Crippen LogP contribution >= 0.6 is 23.4 Å². The van der Waals surface area contributed by atoms with E-state index in [4.69, 9.17) is 11.6 Å². The lowest BCUT2D eigenvalue weighted by Crippen LogP contribution is -2.44. The standard InChI is InChI=1S/C11H16ClN3OS/c1-7(2)15-10(8(12)5-14-15)11(16)9-6-17-4-3-13-9/h5,7,9,13H,3-4,6H2,1-2H3. The molecule has 2 heterocycles. The Labute approximate surface area is 110 Å². The molecule has 1 aliphatic heterocycles. The Morgan fingerprint density at radius 1 is 1.71 bits per heavy atom. The van der Waals surface area contributed by atoms with Gasteiger partial charge in [0.05, 0.1) is 17.3 Å². The smallest absolute Gasteiger partial charge is 0.200 e. The number of aromatic nitrogens is 2. The topological polar surface area (TPSA) is 46.9 Å². The summed E-state index contributed by atoms with van der Waals surface area (Å²) >= 11 is 7.86. The van der Waals surface area contributed by atoms with Crippen LogP contribution in [0.3, 0.4) is 0 Å². The van der Waals surface area contributed by atoms with Crippen LogP contribution in [0.4, 0.5) is 0 Å². The van der Waals surface area contributed by atoms with E-state index in [0.29, 0.717) is 10.7 Å². The molecule has 0 bridgehead atoms. The molecular weight excluding hydrogens is 258 g/mol. The Bertz CT molecular complexity index is 413. The van der Waals surface area contributed by atoms with Crippen molar-refractivity contribution in [3.05, 3.63) is 16.9 Å². The molecule has 6 heteroatoms. The van der Waals surface area contributed by atoms with E-state index in [1.165, 1.54) is 0 Å². The number of carbonyl (C=O) groups is 1. The van der Waals surface area contributed by atoms with Crippen LogP contribution in [-0.4, -0.2) is 39.7 Å². The third-order valence-corrected chi connectivity index (χ3v) is 4.05. The minimum atomic E-state index is -0.138. The van der Waals surface area contributed by atoms with Crippen molar-refractivity contribution in [1.82, 2.24) is 15.1 Å². The average Bonchev–Trinajstić information content (AvgIpc) is 2.71. The molecule has 0 radical (unpaired) electrons. The van der Waals surface area contributed by atoms with E-state index in [0.717, 1.165) is 18.1 Å². The summed E-state index contributed by atoms with van der Waals surface area (Å²) in [5.74, 6) is 1.91. The predicted octanol–water partition coefficient (Wildman–Crippen LogP) is 2.01. The summed E-state index contributed by atoms with van der Waals surface area (Å²) in [6.07, 6.45) is 1.55. The maximum absolute atomic E-state index is 12.4. The molecule has 4 nitrogen and oxygen atoms in total. The van der Waals surface area contributed by atoms with Gasteiger partial charge in [0.2, 0.25) is 0 Å². The number of hydrogen-bond acceptors (Lipinski definition) is 4. The number of nitrogens with zero attached hydrogens (tertiary/aromatic N) is 2. The number of rotatable bonds is 3. The average molecular weight is 274 g/mol. The summed E-state index contributed by atoms with van der Waals surface area (Å²) in [6, 6.07) is -0.00172. The minimum Gasteiger partial charge on any atom is -0.306 e. The van der Waals surface area contributed by atoms with Crippen molar-refractivity contribution < 1.29 is 4.79 Å².